The monoisotopic (exact) mass is 603 g/mol. The summed E-state index contributed by atoms with van der Waals surface area (Å²) in [6.07, 6.45) is 0. The molecule has 0 bridgehead atoms. The van der Waals surface area contributed by atoms with Crippen molar-refractivity contribution in [1.82, 2.24) is 14.5 Å². The summed E-state index contributed by atoms with van der Waals surface area (Å²) < 4.78 is 8.55. The van der Waals surface area contributed by atoms with E-state index < -0.39 is 0 Å². The molecule has 0 unspecified atom stereocenters. The summed E-state index contributed by atoms with van der Waals surface area (Å²) in [6, 6.07) is 49.3. The van der Waals surface area contributed by atoms with Crippen LogP contribution >= 0.6 is 0 Å². The van der Waals surface area contributed by atoms with Crippen molar-refractivity contribution in [3.8, 4) is 34.0 Å². The molecule has 0 atom stereocenters. The fourth-order valence-corrected chi connectivity index (χ4v) is 7.20. The van der Waals surface area contributed by atoms with Crippen molar-refractivity contribution in [1.29, 1.82) is 0 Å². The van der Waals surface area contributed by atoms with Gasteiger partial charge in [-0.3, -0.25) is 4.57 Å². The second kappa shape index (κ2) is 9.77. The molecule has 0 saturated carbocycles. The molecule has 0 radical (unpaired) electrons. The molecular formula is C42H25N3O2. The maximum atomic E-state index is 11.4. The van der Waals surface area contributed by atoms with Crippen LogP contribution in [0.3, 0.4) is 0 Å². The van der Waals surface area contributed by atoms with Gasteiger partial charge < -0.3 is 9.52 Å². The average molecular weight is 604 g/mol. The summed E-state index contributed by atoms with van der Waals surface area (Å²) in [5.41, 5.74) is 6.87. The van der Waals surface area contributed by atoms with E-state index in [4.69, 9.17) is 14.4 Å². The Morgan fingerprint density at radius 3 is 2.13 bits per heavy atom. The number of hydrogen-bond donors (Lipinski definition) is 1. The van der Waals surface area contributed by atoms with Gasteiger partial charge in [0.15, 0.2) is 5.82 Å². The molecule has 1 N–H and O–H groups in total. The average Bonchev–Trinajstić information content (AvgIpc) is 3.65. The van der Waals surface area contributed by atoms with Crippen molar-refractivity contribution in [2.75, 3.05) is 0 Å². The highest BCUT2D eigenvalue weighted by Gasteiger charge is 2.25. The van der Waals surface area contributed by atoms with Crippen molar-refractivity contribution < 1.29 is 9.52 Å². The zero-order valence-electron chi connectivity index (χ0n) is 25.1. The molecule has 0 amide bonds. The Morgan fingerprint density at radius 1 is 0.553 bits per heavy atom. The first-order valence-electron chi connectivity index (χ1n) is 15.6. The third-order valence-corrected chi connectivity index (χ3v) is 9.29. The van der Waals surface area contributed by atoms with Gasteiger partial charge in [-0.25, -0.2) is 9.97 Å². The highest BCUT2D eigenvalue weighted by atomic mass is 16.3. The van der Waals surface area contributed by atoms with E-state index in [1.807, 2.05) is 66.7 Å². The highest BCUT2D eigenvalue weighted by Crippen LogP contribution is 2.44. The van der Waals surface area contributed by atoms with E-state index in [1.54, 1.807) is 6.07 Å². The Kier molecular flexibility index (Phi) is 5.37. The van der Waals surface area contributed by atoms with Crippen LogP contribution in [0, 0.1) is 0 Å². The van der Waals surface area contributed by atoms with Gasteiger partial charge >= 0.3 is 0 Å². The van der Waals surface area contributed by atoms with Crippen LogP contribution in [0.2, 0.25) is 0 Å². The van der Waals surface area contributed by atoms with Crippen LogP contribution in [0.1, 0.15) is 0 Å². The Hall–Kier alpha value is -6.46. The van der Waals surface area contributed by atoms with Crippen LogP contribution in [0.4, 0.5) is 0 Å². The molecule has 5 heteroatoms. The number of fused-ring (bicyclic) bond motifs is 9. The minimum absolute atomic E-state index is 0.172. The highest BCUT2D eigenvalue weighted by molar-refractivity contribution is 6.23. The number of aromatic hydroxyl groups is 1. The second-order valence-electron chi connectivity index (χ2n) is 11.9. The maximum absolute atomic E-state index is 11.4. The number of furan rings is 1. The number of nitrogens with zero attached hydrogens (tertiary/aromatic N) is 3. The lowest BCUT2D eigenvalue weighted by Gasteiger charge is -2.16. The predicted molar refractivity (Wildman–Crippen MR) is 191 cm³/mol. The normalized spacial score (nSPS) is 11.9. The molecule has 0 spiro atoms. The molecule has 0 aliphatic rings. The van der Waals surface area contributed by atoms with Gasteiger partial charge in [0, 0.05) is 27.3 Å². The Bertz CT molecular complexity index is 2870. The van der Waals surface area contributed by atoms with Gasteiger partial charge in [-0.1, -0.05) is 109 Å². The van der Waals surface area contributed by atoms with Crippen LogP contribution in [0.5, 0.6) is 5.75 Å². The van der Waals surface area contributed by atoms with Gasteiger partial charge in [-0.15, -0.1) is 0 Å². The number of benzene rings is 7. The molecule has 0 aliphatic heterocycles. The molecule has 0 fully saturated rings. The van der Waals surface area contributed by atoms with E-state index >= 15 is 0 Å². The first-order chi connectivity index (χ1) is 23.2. The van der Waals surface area contributed by atoms with Gasteiger partial charge in [0.1, 0.15) is 22.5 Å². The second-order valence-corrected chi connectivity index (χ2v) is 11.9. The van der Waals surface area contributed by atoms with Gasteiger partial charge in [0.05, 0.1) is 11.0 Å². The zero-order valence-corrected chi connectivity index (χ0v) is 25.1. The molecule has 0 saturated heterocycles. The molecule has 7 aromatic carbocycles. The fourth-order valence-electron chi connectivity index (χ4n) is 7.20. The van der Waals surface area contributed by atoms with Gasteiger partial charge in [0.25, 0.3) is 0 Å². The largest absolute Gasteiger partial charge is 0.507 e. The van der Waals surface area contributed by atoms with Crippen LogP contribution < -0.4 is 0 Å². The van der Waals surface area contributed by atoms with Crippen molar-refractivity contribution in [2.45, 2.75) is 0 Å². The maximum Gasteiger partial charge on any atom is 0.247 e. The van der Waals surface area contributed by atoms with E-state index in [1.165, 1.54) is 16.2 Å². The van der Waals surface area contributed by atoms with Crippen LogP contribution in [-0.4, -0.2) is 19.6 Å². The third kappa shape index (κ3) is 3.77. The number of para-hydroxylation sites is 1. The predicted octanol–water partition coefficient (Wildman–Crippen LogP) is 10.8. The van der Waals surface area contributed by atoms with Crippen molar-refractivity contribution in [3.63, 3.8) is 0 Å². The summed E-state index contributed by atoms with van der Waals surface area (Å²) >= 11 is 0. The van der Waals surface area contributed by atoms with Gasteiger partial charge in [-0.05, 0) is 63.5 Å². The van der Waals surface area contributed by atoms with Crippen molar-refractivity contribution in [3.05, 3.63) is 146 Å². The lowest BCUT2D eigenvalue weighted by Crippen LogP contribution is -2.04. The summed E-state index contributed by atoms with van der Waals surface area (Å²) in [6.45, 7) is 0. The molecular weight excluding hydrogens is 578 g/mol. The summed E-state index contributed by atoms with van der Waals surface area (Å²) in [5, 5.41) is 19.2. The Balaban J connectivity index is 1.42. The summed E-state index contributed by atoms with van der Waals surface area (Å²) in [4.78, 5) is 10.7. The molecule has 47 heavy (non-hydrogen) atoms. The topological polar surface area (TPSA) is 64.1 Å². The number of hydrogen-bond acceptors (Lipinski definition) is 4. The van der Waals surface area contributed by atoms with E-state index in [-0.39, 0.29) is 5.75 Å². The molecule has 0 aliphatic carbocycles. The number of aromatic nitrogens is 3. The number of phenols is 1. The van der Waals surface area contributed by atoms with E-state index in [0.717, 1.165) is 49.3 Å². The standard InChI is InChI=1S/C42H25N3O2/c46-35-19-10-18-31(37(35)26-12-2-1-3-13-26)39-41(43-40-30-17-8-9-20-36(30)47-42(40)44-39)45-33-22-21-25-11-6-7-16-29(25)38(33)32-23-27-14-4-5-15-28(27)24-34(32)45/h1-24,46H. The number of phenolic OH excluding ortho intramolecular Hbond substituents is 1. The first kappa shape index (κ1) is 25.8. The van der Waals surface area contributed by atoms with Gasteiger partial charge in [0.2, 0.25) is 5.71 Å². The molecule has 3 aromatic heterocycles. The van der Waals surface area contributed by atoms with Gasteiger partial charge in [-0.2, -0.15) is 0 Å². The van der Waals surface area contributed by atoms with Crippen molar-refractivity contribution >= 4 is 65.6 Å². The van der Waals surface area contributed by atoms with E-state index in [0.29, 0.717) is 28.3 Å². The number of rotatable bonds is 3. The molecule has 3 heterocycles. The summed E-state index contributed by atoms with van der Waals surface area (Å²) in [5.74, 6) is 0.836. The summed E-state index contributed by atoms with van der Waals surface area (Å²) in [7, 11) is 0. The van der Waals surface area contributed by atoms with Crippen LogP contribution in [0.25, 0.3) is 93.8 Å². The Labute approximate surface area is 268 Å². The third-order valence-electron chi connectivity index (χ3n) is 9.29. The minimum Gasteiger partial charge on any atom is -0.507 e. The SMILES string of the molecule is Oc1cccc(-c2nc3oc4ccccc4c3nc2-n2c3cc4ccccc4cc3c3c4ccccc4ccc32)c1-c1ccccc1. The minimum atomic E-state index is 0.172. The zero-order chi connectivity index (χ0) is 31.1. The first-order valence-corrected chi connectivity index (χ1v) is 15.6. The van der Waals surface area contributed by atoms with Crippen LogP contribution in [0.15, 0.2) is 150 Å². The van der Waals surface area contributed by atoms with E-state index in [2.05, 4.69) is 77.4 Å². The smallest absolute Gasteiger partial charge is 0.247 e. The lowest BCUT2D eigenvalue weighted by molar-refractivity contribution is 0.477. The van der Waals surface area contributed by atoms with Crippen LogP contribution in [-0.2, 0) is 0 Å². The fraction of sp³-hybridized carbons (Fsp3) is 0. The molecule has 10 rings (SSSR count). The Morgan fingerprint density at radius 2 is 1.28 bits per heavy atom. The lowest BCUT2D eigenvalue weighted by atomic mass is 9.96. The molecule has 10 aromatic rings. The van der Waals surface area contributed by atoms with Crippen molar-refractivity contribution in [2.24, 2.45) is 0 Å². The quantitative estimate of drug-likeness (QED) is 0.218. The molecule has 5 nitrogen and oxygen atoms in total. The molecule has 220 valence electrons. The van der Waals surface area contributed by atoms with E-state index in [9.17, 15) is 5.11 Å².